The average Bonchev–Trinajstić information content (AvgIpc) is 2.35. The third-order valence-electron chi connectivity index (χ3n) is 2.32. The Morgan fingerprint density at radius 3 is 2.67 bits per heavy atom. The van der Waals surface area contributed by atoms with Crippen molar-refractivity contribution in [3.05, 3.63) is 29.8 Å². The van der Waals surface area contributed by atoms with Crippen LogP contribution in [-0.4, -0.2) is 34.1 Å². The molecule has 1 aromatic rings. The van der Waals surface area contributed by atoms with Gasteiger partial charge in [-0.2, -0.15) is 4.72 Å². The highest BCUT2D eigenvalue weighted by Gasteiger charge is 2.25. The van der Waals surface area contributed by atoms with E-state index < -0.39 is 22.0 Å². The first kappa shape index (κ1) is 14.6. The molecule has 3 N–H and O–H groups in total. The summed E-state index contributed by atoms with van der Waals surface area (Å²) in [5, 5.41) is 0. The van der Waals surface area contributed by atoms with Crippen molar-refractivity contribution in [3.63, 3.8) is 0 Å². The number of benzene rings is 1. The summed E-state index contributed by atoms with van der Waals surface area (Å²) in [7, 11) is -2.61. The number of aryl methyl sites for hydroxylation is 1. The summed E-state index contributed by atoms with van der Waals surface area (Å²) in [4.78, 5) is 11.4. The molecule has 0 amide bonds. The number of rotatable bonds is 5. The average molecular weight is 272 g/mol. The van der Waals surface area contributed by atoms with Crippen molar-refractivity contribution >= 4 is 16.0 Å². The SMILES string of the molecule is COC(=O)[C@H](CN)NS(=O)(=O)c1cccc(C)c1. The van der Waals surface area contributed by atoms with Gasteiger partial charge in [-0.25, -0.2) is 8.42 Å². The summed E-state index contributed by atoms with van der Waals surface area (Å²) in [6, 6.07) is 5.27. The van der Waals surface area contributed by atoms with Gasteiger partial charge in [-0.1, -0.05) is 12.1 Å². The van der Waals surface area contributed by atoms with E-state index >= 15 is 0 Å². The molecule has 0 aromatic heterocycles. The molecule has 0 fully saturated rings. The fourth-order valence-electron chi connectivity index (χ4n) is 1.37. The van der Waals surface area contributed by atoms with E-state index in [0.29, 0.717) is 0 Å². The van der Waals surface area contributed by atoms with Gasteiger partial charge in [-0.3, -0.25) is 4.79 Å². The van der Waals surface area contributed by atoms with E-state index in [1.54, 1.807) is 19.1 Å². The zero-order valence-electron chi connectivity index (χ0n) is 10.2. The van der Waals surface area contributed by atoms with Crippen LogP contribution in [0, 0.1) is 6.92 Å². The van der Waals surface area contributed by atoms with Gasteiger partial charge in [0.2, 0.25) is 10.0 Å². The molecule has 0 unspecified atom stereocenters. The zero-order chi connectivity index (χ0) is 13.8. The van der Waals surface area contributed by atoms with Gasteiger partial charge in [0.1, 0.15) is 6.04 Å². The number of esters is 1. The minimum absolute atomic E-state index is 0.0878. The smallest absolute Gasteiger partial charge is 0.325 e. The second-order valence-corrected chi connectivity index (χ2v) is 5.46. The lowest BCUT2D eigenvalue weighted by Crippen LogP contribution is -2.46. The maximum absolute atomic E-state index is 12.0. The molecule has 0 saturated heterocycles. The van der Waals surface area contributed by atoms with Crippen molar-refractivity contribution < 1.29 is 17.9 Å². The summed E-state index contributed by atoms with van der Waals surface area (Å²) in [6.45, 7) is 1.61. The van der Waals surface area contributed by atoms with Gasteiger partial charge in [0.05, 0.1) is 12.0 Å². The van der Waals surface area contributed by atoms with Crippen molar-refractivity contribution in [3.8, 4) is 0 Å². The van der Waals surface area contributed by atoms with Crippen LogP contribution in [0.5, 0.6) is 0 Å². The minimum atomic E-state index is -3.78. The van der Waals surface area contributed by atoms with E-state index in [-0.39, 0.29) is 11.4 Å². The van der Waals surface area contributed by atoms with Crippen LogP contribution in [0.15, 0.2) is 29.2 Å². The third-order valence-corrected chi connectivity index (χ3v) is 3.79. The van der Waals surface area contributed by atoms with Crippen molar-refractivity contribution in [2.75, 3.05) is 13.7 Å². The van der Waals surface area contributed by atoms with Crippen molar-refractivity contribution in [1.29, 1.82) is 0 Å². The van der Waals surface area contributed by atoms with Gasteiger partial charge < -0.3 is 10.5 Å². The Labute approximate surface area is 106 Å². The van der Waals surface area contributed by atoms with Crippen LogP contribution < -0.4 is 10.5 Å². The first-order valence-corrected chi connectivity index (χ1v) is 6.76. The van der Waals surface area contributed by atoms with Crippen LogP contribution in [0.3, 0.4) is 0 Å². The molecular formula is C11H16N2O4S. The summed E-state index contributed by atoms with van der Waals surface area (Å²) >= 11 is 0. The van der Waals surface area contributed by atoms with E-state index in [0.717, 1.165) is 5.56 Å². The molecule has 7 heteroatoms. The summed E-state index contributed by atoms with van der Waals surface area (Å²) < 4.78 is 30.7. The van der Waals surface area contributed by atoms with Crippen molar-refractivity contribution in [1.82, 2.24) is 4.72 Å². The van der Waals surface area contributed by atoms with Crippen LogP contribution in [0.4, 0.5) is 0 Å². The number of hydrogen-bond acceptors (Lipinski definition) is 5. The maximum Gasteiger partial charge on any atom is 0.325 e. The van der Waals surface area contributed by atoms with E-state index in [1.165, 1.54) is 19.2 Å². The highest BCUT2D eigenvalue weighted by Crippen LogP contribution is 2.11. The second-order valence-electron chi connectivity index (χ2n) is 3.75. The number of carbonyl (C=O) groups is 1. The Bertz CT molecular complexity index is 528. The second kappa shape index (κ2) is 5.94. The molecule has 0 heterocycles. The molecule has 18 heavy (non-hydrogen) atoms. The number of ether oxygens (including phenoxy) is 1. The monoisotopic (exact) mass is 272 g/mol. The van der Waals surface area contributed by atoms with Gasteiger partial charge in [-0.05, 0) is 24.6 Å². The summed E-state index contributed by atoms with van der Waals surface area (Å²) in [5.41, 5.74) is 6.14. The number of carbonyl (C=O) groups excluding carboxylic acids is 1. The third kappa shape index (κ3) is 3.52. The minimum Gasteiger partial charge on any atom is -0.468 e. The van der Waals surface area contributed by atoms with E-state index in [9.17, 15) is 13.2 Å². The normalized spacial score (nSPS) is 13.1. The van der Waals surface area contributed by atoms with E-state index in [4.69, 9.17) is 5.73 Å². The van der Waals surface area contributed by atoms with Gasteiger partial charge in [0, 0.05) is 6.54 Å². The fraction of sp³-hybridized carbons (Fsp3) is 0.364. The fourth-order valence-corrected chi connectivity index (χ4v) is 2.67. The van der Waals surface area contributed by atoms with Crippen LogP contribution in [0.1, 0.15) is 5.56 Å². The molecule has 0 spiro atoms. The molecule has 100 valence electrons. The summed E-state index contributed by atoms with van der Waals surface area (Å²) in [5.74, 6) is -0.714. The Morgan fingerprint density at radius 1 is 1.50 bits per heavy atom. The number of sulfonamides is 1. The highest BCUT2D eigenvalue weighted by atomic mass is 32.2. The van der Waals surface area contributed by atoms with Crippen LogP contribution >= 0.6 is 0 Å². The van der Waals surface area contributed by atoms with Crippen LogP contribution in [-0.2, 0) is 19.6 Å². The first-order valence-electron chi connectivity index (χ1n) is 5.27. The maximum atomic E-state index is 12.0. The molecule has 0 bridgehead atoms. The lowest BCUT2D eigenvalue weighted by Gasteiger charge is -2.14. The molecule has 0 aliphatic heterocycles. The Hall–Kier alpha value is -1.44. The number of hydrogen-bond donors (Lipinski definition) is 2. The van der Waals surface area contributed by atoms with Crippen LogP contribution in [0.25, 0.3) is 0 Å². The number of nitrogens with one attached hydrogen (secondary N) is 1. The van der Waals surface area contributed by atoms with Gasteiger partial charge >= 0.3 is 5.97 Å². The Kier molecular flexibility index (Phi) is 4.83. The van der Waals surface area contributed by atoms with Gasteiger partial charge in [-0.15, -0.1) is 0 Å². The standard InChI is InChI=1S/C11H16N2O4S/c1-8-4-3-5-9(6-8)18(15,16)13-10(7-12)11(14)17-2/h3-6,10,13H,7,12H2,1-2H3/t10-/m0/s1. The van der Waals surface area contributed by atoms with E-state index in [1.807, 2.05) is 0 Å². The highest BCUT2D eigenvalue weighted by molar-refractivity contribution is 7.89. The Balaban J connectivity index is 2.97. The molecule has 0 radical (unpaired) electrons. The van der Waals surface area contributed by atoms with Crippen LogP contribution in [0.2, 0.25) is 0 Å². The molecule has 1 atom stereocenters. The largest absolute Gasteiger partial charge is 0.468 e. The molecule has 1 rings (SSSR count). The zero-order valence-corrected chi connectivity index (χ0v) is 11.0. The predicted octanol–water partition coefficient (Wildman–Crippen LogP) is -0.226. The van der Waals surface area contributed by atoms with Gasteiger partial charge in [0.25, 0.3) is 0 Å². The van der Waals surface area contributed by atoms with Crippen molar-refractivity contribution in [2.24, 2.45) is 5.73 Å². The number of methoxy groups -OCH3 is 1. The lowest BCUT2D eigenvalue weighted by molar-refractivity contribution is -0.142. The topological polar surface area (TPSA) is 98.5 Å². The lowest BCUT2D eigenvalue weighted by atomic mass is 10.2. The predicted molar refractivity (Wildman–Crippen MR) is 66.4 cm³/mol. The Morgan fingerprint density at radius 2 is 2.17 bits per heavy atom. The van der Waals surface area contributed by atoms with Crippen molar-refractivity contribution in [2.45, 2.75) is 17.9 Å². The molecule has 0 saturated carbocycles. The molecule has 0 aliphatic carbocycles. The van der Waals surface area contributed by atoms with E-state index in [2.05, 4.69) is 9.46 Å². The molecule has 6 nitrogen and oxygen atoms in total. The molecule has 1 aromatic carbocycles. The van der Waals surface area contributed by atoms with Gasteiger partial charge in [0.15, 0.2) is 0 Å². The molecular weight excluding hydrogens is 256 g/mol. The molecule has 0 aliphatic rings. The first-order chi connectivity index (χ1) is 8.40. The summed E-state index contributed by atoms with van der Waals surface area (Å²) in [6.07, 6.45) is 0. The number of nitrogens with two attached hydrogens (primary N) is 1. The quantitative estimate of drug-likeness (QED) is 0.722.